The predicted molar refractivity (Wildman–Crippen MR) is 98.3 cm³/mol. The summed E-state index contributed by atoms with van der Waals surface area (Å²) in [5.74, 6) is -2.67. The fourth-order valence-electron chi connectivity index (χ4n) is 6.81. The normalized spacial score (nSPS) is 47.9. The molecule has 0 amide bonds. The SMILES string of the molecule is C[C@]12CC(=O)C(=O)C=C1C(=O)C[C@H]1[C@@H]3CC[C@](O)(CC(=O)Cl)[C@@]3(C)CC[C@@]12F. The lowest BCUT2D eigenvalue weighted by atomic mass is 9.44. The van der Waals surface area contributed by atoms with Gasteiger partial charge in [-0.25, -0.2) is 4.39 Å². The van der Waals surface area contributed by atoms with Gasteiger partial charge in [-0.1, -0.05) is 13.8 Å². The van der Waals surface area contributed by atoms with Gasteiger partial charge in [0.1, 0.15) is 5.67 Å². The van der Waals surface area contributed by atoms with E-state index in [-0.39, 0.29) is 43.0 Å². The highest BCUT2D eigenvalue weighted by Crippen LogP contribution is 2.70. The van der Waals surface area contributed by atoms with E-state index in [2.05, 4.69) is 0 Å². The van der Waals surface area contributed by atoms with E-state index in [4.69, 9.17) is 11.6 Å². The number of halogens is 2. The van der Waals surface area contributed by atoms with Gasteiger partial charge in [0.25, 0.3) is 0 Å². The van der Waals surface area contributed by atoms with Gasteiger partial charge < -0.3 is 5.11 Å². The molecule has 0 saturated heterocycles. The zero-order chi connectivity index (χ0) is 20.7. The second kappa shape index (κ2) is 5.82. The number of allylic oxidation sites excluding steroid dienone is 1. The van der Waals surface area contributed by atoms with E-state index in [1.165, 1.54) is 0 Å². The van der Waals surface area contributed by atoms with Crippen molar-refractivity contribution in [2.45, 2.75) is 70.1 Å². The molecule has 0 radical (unpaired) electrons. The Kier molecular flexibility index (Phi) is 4.13. The second-order valence-corrected chi connectivity index (χ2v) is 10.00. The van der Waals surface area contributed by atoms with E-state index < -0.39 is 44.8 Å². The number of hydrogen-bond acceptors (Lipinski definition) is 5. The third-order valence-electron chi connectivity index (χ3n) is 8.55. The number of rotatable bonds is 2. The average Bonchev–Trinajstić information content (AvgIpc) is 2.84. The first-order valence-electron chi connectivity index (χ1n) is 9.80. The smallest absolute Gasteiger partial charge is 0.224 e. The van der Waals surface area contributed by atoms with Crippen molar-refractivity contribution in [1.29, 1.82) is 0 Å². The molecule has 4 rings (SSSR count). The zero-order valence-corrected chi connectivity index (χ0v) is 16.8. The summed E-state index contributed by atoms with van der Waals surface area (Å²) < 4.78 is 16.7. The molecule has 0 unspecified atom stereocenters. The van der Waals surface area contributed by atoms with Gasteiger partial charge in [0.05, 0.1) is 12.0 Å². The Morgan fingerprint density at radius 1 is 1.18 bits per heavy atom. The number of ketones is 3. The lowest BCUT2D eigenvalue weighted by Gasteiger charge is -2.61. The molecule has 0 aliphatic heterocycles. The average molecular weight is 411 g/mol. The molecule has 0 aromatic heterocycles. The molecule has 0 spiro atoms. The first kappa shape index (κ1) is 19.9. The monoisotopic (exact) mass is 410 g/mol. The summed E-state index contributed by atoms with van der Waals surface area (Å²) in [6.07, 6.45) is 1.69. The van der Waals surface area contributed by atoms with E-state index in [0.717, 1.165) is 6.08 Å². The van der Waals surface area contributed by atoms with Crippen molar-refractivity contribution < 1.29 is 28.7 Å². The van der Waals surface area contributed by atoms with Crippen LogP contribution >= 0.6 is 11.6 Å². The van der Waals surface area contributed by atoms with Crippen molar-refractivity contribution in [1.82, 2.24) is 0 Å². The summed E-state index contributed by atoms with van der Waals surface area (Å²) >= 11 is 5.57. The fourth-order valence-corrected chi connectivity index (χ4v) is 7.03. The Bertz CT molecular complexity index is 852. The lowest BCUT2D eigenvalue weighted by molar-refractivity contribution is -0.181. The van der Waals surface area contributed by atoms with E-state index in [0.29, 0.717) is 19.3 Å². The van der Waals surface area contributed by atoms with Crippen LogP contribution in [0.1, 0.15) is 58.8 Å². The van der Waals surface area contributed by atoms with Gasteiger partial charge in [0, 0.05) is 35.2 Å². The Labute approximate surface area is 167 Å². The molecule has 1 N–H and O–H groups in total. The molecule has 0 aromatic rings. The van der Waals surface area contributed by atoms with Gasteiger partial charge in [-0.15, -0.1) is 0 Å². The van der Waals surface area contributed by atoms with E-state index in [1.54, 1.807) is 6.92 Å². The number of aliphatic hydroxyl groups is 1. The van der Waals surface area contributed by atoms with Crippen LogP contribution in [0.25, 0.3) is 0 Å². The standard InChI is InChI=1S/C21H24ClFO5/c1-18-5-6-21(23)12(11(18)3-4-20(18,28)10-17(22)27)7-14(24)13-8-15(25)16(26)9-19(13,21)2/h8,11-12,28H,3-7,9-10H2,1-2H3/t11-,12-,18-,19-,20-,21+/m0/s1. The van der Waals surface area contributed by atoms with Crippen LogP contribution in [0.5, 0.6) is 0 Å². The summed E-state index contributed by atoms with van der Waals surface area (Å²) in [4.78, 5) is 48.4. The summed E-state index contributed by atoms with van der Waals surface area (Å²) in [5.41, 5.74) is -5.07. The molecule has 152 valence electrons. The van der Waals surface area contributed by atoms with Gasteiger partial charge in [-0.05, 0) is 49.3 Å². The molecule has 7 heteroatoms. The summed E-state index contributed by atoms with van der Waals surface area (Å²) in [5, 5.41) is 10.6. The van der Waals surface area contributed by atoms with E-state index in [1.807, 2.05) is 6.92 Å². The third kappa shape index (κ3) is 2.28. The number of alkyl halides is 1. The highest BCUT2D eigenvalue weighted by atomic mass is 35.5. The second-order valence-electron chi connectivity index (χ2n) is 9.58. The molecule has 3 fully saturated rings. The van der Waals surface area contributed by atoms with Gasteiger partial charge >= 0.3 is 0 Å². The van der Waals surface area contributed by atoms with Gasteiger partial charge in [-0.3, -0.25) is 19.2 Å². The van der Waals surface area contributed by atoms with Crippen LogP contribution in [0, 0.1) is 22.7 Å². The van der Waals surface area contributed by atoms with Crippen LogP contribution in [0.2, 0.25) is 0 Å². The Hall–Kier alpha value is -1.40. The van der Waals surface area contributed by atoms with Crippen molar-refractivity contribution in [2.75, 3.05) is 0 Å². The largest absolute Gasteiger partial charge is 0.389 e. The van der Waals surface area contributed by atoms with Crippen LogP contribution in [0.4, 0.5) is 4.39 Å². The van der Waals surface area contributed by atoms with Crippen molar-refractivity contribution in [3.8, 4) is 0 Å². The van der Waals surface area contributed by atoms with Crippen LogP contribution in [0.3, 0.4) is 0 Å². The maximum Gasteiger partial charge on any atom is 0.224 e. The Morgan fingerprint density at radius 2 is 1.86 bits per heavy atom. The van der Waals surface area contributed by atoms with Gasteiger partial charge in [-0.2, -0.15) is 0 Å². The molecule has 5 nitrogen and oxygen atoms in total. The number of carbonyl (C=O) groups is 4. The first-order valence-corrected chi connectivity index (χ1v) is 10.2. The lowest BCUT2D eigenvalue weighted by Crippen LogP contribution is -2.65. The topological polar surface area (TPSA) is 88.5 Å². The van der Waals surface area contributed by atoms with E-state index >= 15 is 4.39 Å². The van der Waals surface area contributed by atoms with Crippen LogP contribution < -0.4 is 0 Å². The molecule has 6 atom stereocenters. The summed E-state index contributed by atoms with van der Waals surface area (Å²) in [6.45, 7) is 3.44. The third-order valence-corrected chi connectivity index (χ3v) is 8.68. The molecular formula is C21H24ClFO5. The molecule has 0 heterocycles. The number of carbonyl (C=O) groups excluding carboxylic acids is 4. The number of fused-ring (bicyclic) bond motifs is 5. The maximum atomic E-state index is 16.7. The minimum atomic E-state index is -1.82. The minimum Gasteiger partial charge on any atom is -0.389 e. The van der Waals surface area contributed by atoms with Gasteiger partial charge in [0.2, 0.25) is 16.8 Å². The van der Waals surface area contributed by atoms with Crippen LogP contribution in [-0.2, 0) is 19.2 Å². The minimum absolute atomic E-state index is 0.0510. The molecule has 28 heavy (non-hydrogen) atoms. The molecule has 4 aliphatic carbocycles. The molecule has 0 aromatic carbocycles. The van der Waals surface area contributed by atoms with Crippen molar-refractivity contribution in [3.05, 3.63) is 11.6 Å². The quantitative estimate of drug-likeness (QED) is 0.558. The zero-order valence-electron chi connectivity index (χ0n) is 16.0. The predicted octanol–water partition coefficient (Wildman–Crippen LogP) is 2.86. The number of hydrogen-bond donors (Lipinski definition) is 1. The fraction of sp³-hybridized carbons (Fsp3) is 0.714. The highest BCUT2D eigenvalue weighted by Gasteiger charge is 2.71. The van der Waals surface area contributed by atoms with Crippen molar-refractivity contribution >= 4 is 34.2 Å². The summed E-state index contributed by atoms with van der Waals surface area (Å²) in [6, 6.07) is 0. The highest BCUT2D eigenvalue weighted by molar-refractivity contribution is 6.63. The van der Waals surface area contributed by atoms with Crippen molar-refractivity contribution in [3.63, 3.8) is 0 Å². The molecule has 4 aliphatic rings. The summed E-state index contributed by atoms with van der Waals surface area (Å²) in [7, 11) is 0. The van der Waals surface area contributed by atoms with Crippen LogP contribution in [-0.4, -0.2) is 39.0 Å². The van der Waals surface area contributed by atoms with E-state index in [9.17, 15) is 24.3 Å². The number of Topliss-reactive ketones (excluding diaryl/α,β-unsaturated/α-hetero) is 2. The molecule has 0 bridgehead atoms. The maximum absolute atomic E-state index is 16.7. The molecular weight excluding hydrogens is 387 g/mol. The molecule has 3 saturated carbocycles. The Balaban J connectivity index is 1.79. The van der Waals surface area contributed by atoms with Gasteiger partial charge in [0.15, 0.2) is 5.78 Å². The van der Waals surface area contributed by atoms with Crippen molar-refractivity contribution in [2.24, 2.45) is 22.7 Å². The first-order chi connectivity index (χ1) is 12.9. The van der Waals surface area contributed by atoms with Crippen LogP contribution in [0.15, 0.2) is 11.6 Å². The Morgan fingerprint density at radius 3 is 2.50 bits per heavy atom.